The molecule has 0 bridgehead atoms. The minimum atomic E-state index is 0.219. The molecule has 0 aliphatic carbocycles. The van der Waals surface area contributed by atoms with Crippen molar-refractivity contribution in [3.63, 3.8) is 0 Å². The van der Waals surface area contributed by atoms with Gasteiger partial charge in [0.25, 0.3) is 0 Å². The number of rotatable bonds is 9. The van der Waals surface area contributed by atoms with Crippen LogP contribution in [-0.2, 0) is 0 Å². The maximum atomic E-state index is 5.71. The van der Waals surface area contributed by atoms with Crippen molar-refractivity contribution in [1.82, 2.24) is 10.2 Å². The second-order valence-electron chi connectivity index (χ2n) is 6.17. The molecule has 0 saturated carbocycles. The smallest absolute Gasteiger partial charge is 0.119 e. The second kappa shape index (κ2) is 9.06. The van der Waals surface area contributed by atoms with Gasteiger partial charge in [-0.05, 0) is 65.4 Å². The van der Waals surface area contributed by atoms with E-state index in [2.05, 4.69) is 69.1 Å². The van der Waals surface area contributed by atoms with Crippen molar-refractivity contribution in [2.24, 2.45) is 0 Å². The lowest BCUT2D eigenvalue weighted by Gasteiger charge is -2.30. The van der Waals surface area contributed by atoms with Gasteiger partial charge in [0, 0.05) is 18.6 Å². The molecule has 0 heterocycles. The summed E-state index contributed by atoms with van der Waals surface area (Å²) in [5, 5.41) is 3.44. The Morgan fingerprint density at radius 2 is 1.71 bits per heavy atom. The molecule has 0 spiro atoms. The summed E-state index contributed by atoms with van der Waals surface area (Å²) >= 11 is 0. The Morgan fingerprint density at radius 1 is 1.10 bits per heavy atom. The van der Waals surface area contributed by atoms with Crippen LogP contribution in [0.4, 0.5) is 0 Å². The van der Waals surface area contributed by atoms with Crippen molar-refractivity contribution in [1.29, 1.82) is 0 Å². The highest BCUT2D eigenvalue weighted by molar-refractivity contribution is 5.29. The van der Waals surface area contributed by atoms with Gasteiger partial charge in [0.05, 0.1) is 6.10 Å². The van der Waals surface area contributed by atoms with Gasteiger partial charge in [-0.15, -0.1) is 0 Å². The molecule has 1 aromatic carbocycles. The largest absolute Gasteiger partial charge is 0.491 e. The monoisotopic (exact) mass is 292 g/mol. The van der Waals surface area contributed by atoms with Crippen LogP contribution in [0.2, 0.25) is 0 Å². The fourth-order valence-electron chi connectivity index (χ4n) is 2.50. The summed E-state index contributed by atoms with van der Waals surface area (Å²) in [5.74, 6) is 0.942. The molecule has 0 aliphatic rings. The number of nitrogens with zero attached hydrogens (tertiary/aromatic N) is 1. The summed E-state index contributed by atoms with van der Waals surface area (Å²) < 4.78 is 5.71. The van der Waals surface area contributed by atoms with Gasteiger partial charge in [-0.2, -0.15) is 0 Å². The topological polar surface area (TPSA) is 24.5 Å². The van der Waals surface area contributed by atoms with Crippen LogP contribution in [0.1, 0.15) is 52.6 Å². The van der Waals surface area contributed by atoms with E-state index in [-0.39, 0.29) is 6.10 Å². The molecule has 1 unspecified atom stereocenters. The Hall–Kier alpha value is -1.06. The predicted octanol–water partition coefficient (Wildman–Crippen LogP) is 3.85. The Balaban J connectivity index is 2.74. The first-order valence-corrected chi connectivity index (χ1v) is 8.15. The highest BCUT2D eigenvalue weighted by atomic mass is 16.5. The van der Waals surface area contributed by atoms with Crippen molar-refractivity contribution in [3.8, 4) is 5.75 Å². The molecule has 0 aliphatic heterocycles. The summed E-state index contributed by atoms with van der Waals surface area (Å²) in [6.07, 6.45) is 1.41. The number of hydrogen-bond acceptors (Lipinski definition) is 3. The van der Waals surface area contributed by atoms with Gasteiger partial charge in [-0.3, -0.25) is 4.90 Å². The van der Waals surface area contributed by atoms with E-state index in [1.54, 1.807) is 0 Å². The van der Waals surface area contributed by atoms with E-state index < -0.39 is 0 Å². The van der Waals surface area contributed by atoms with E-state index in [4.69, 9.17) is 4.74 Å². The zero-order chi connectivity index (χ0) is 15.8. The van der Waals surface area contributed by atoms with Crippen LogP contribution in [0, 0.1) is 0 Å². The van der Waals surface area contributed by atoms with Crippen molar-refractivity contribution < 1.29 is 4.74 Å². The molecule has 1 atom stereocenters. The van der Waals surface area contributed by atoms with Crippen molar-refractivity contribution >= 4 is 0 Å². The number of likely N-dealkylation sites (N-methyl/N-ethyl adjacent to an activating group) is 1. The van der Waals surface area contributed by atoms with Crippen molar-refractivity contribution in [2.45, 2.75) is 59.2 Å². The molecule has 21 heavy (non-hydrogen) atoms. The molecular formula is C18H32N2O. The number of hydrogen-bond donors (Lipinski definition) is 1. The van der Waals surface area contributed by atoms with Gasteiger partial charge in [-0.1, -0.05) is 19.1 Å². The van der Waals surface area contributed by atoms with Crippen LogP contribution in [0.15, 0.2) is 24.3 Å². The standard InChI is InChI=1S/C18H32N2O/c1-7-12-20(14(2)3)13-18(19-6)16-8-10-17(11-9-16)21-15(4)5/h8-11,14-15,18-19H,7,12-13H2,1-6H3. The first kappa shape index (κ1) is 18.0. The predicted molar refractivity (Wildman–Crippen MR) is 91.0 cm³/mol. The fourth-order valence-corrected chi connectivity index (χ4v) is 2.50. The van der Waals surface area contributed by atoms with E-state index in [9.17, 15) is 0 Å². The summed E-state index contributed by atoms with van der Waals surface area (Å²) in [4.78, 5) is 2.53. The fraction of sp³-hybridized carbons (Fsp3) is 0.667. The summed E-state index contributed by atoms with van der Waals surface area (Å²) in [7, 11) is 2.04. The minimum Gasteiger partial charge on any atom is -0.491 e. The maximum Gasteiger partial charge on any atom is 0.119 e. The summed E-state index contributed by atoms with van der Waals surface area (Å²) in [6.45, 7) is 13.0. The zero-order valence-corrected chi connectivity index (χ0v) is 14.5. The Kier molecular flexibility index (Phi) is 7.76. The third kappa shape index (κ3) is 6.06. The van der Waals surface area contributed by atoms with E-state index in [0.29, 0.717) is 12.1 Å². The molecule has 3 nitrogen and oxygen atoms in total. The third-order valence-corrected chi connectivity index (χ3v) is 3.66. The zero-order valence-electron chi connectivity index (χ0n) is 14.5. The SMILES string of the molecule is CCCN(CC(NC)c1ccc(OC(C)C)cc1)C(C)C. The number of ether oxygens (including phenoxy) is 1. The second-order valence-corrected chi connectivity index (χ2v) is 6.17. The van der Waals surface area contributed by atoms with Gasteiger partial charge in [0.1, 0.15) is 5.75 Å². The molecule has 0 amide bonds. The molecule has 0 saturated heterocycles. The Morgan fingerprint density at radius 3 is 2.14 bits per heavy atom. The molecule has 0 radical (unpaired) electrons. The van der Waals surface area contributed by atoms with E-state index >= 15 is 0 Å². The van der Waals surface area contributed by atoms with Crippen LogP contribution < -0.4 is 10.1 Å². The minimum absolute atomic E-state index is 0.219. The molecule has 1 N–H and O–H groups in total. The summed E-state index contributed by atoms with van der Waals surface area (Å²) in [5.41, 5.74) is 1.32. The first-order chi connectivity index (χ1) is 9.97. The Bertz CT molecular complexity index is 387. The number of benzene rings is 1. The lowest BCUT2D eigenvalue weighted by Crippen LogP contribution is -2.38. The van der Waals surface area contributed by atoms with Gasteiger partial charge in [-0.25, -0.2) is 0 Å². The molecule has 1 aromatic rings. The normalized spacial score (nSPS) is 13.2. The third-order valence-electron chi connectivity index (χ3n) is 3.66. The molecule has 0 fully saturated rings. The van der Waals surface area contributed by atoms with Crippen molar-refractivity contribution in [2.75, 3.05) is 20.1 Å². The van der Waals surface area contributed by atoms with Gasteiger partial charge in [0.2, 0.25) is 0 Å². The van der Waals surface area contributed by atoms with Gasteiger partial charge in [0.15, 0.2) is 0 Å². The number of nitrogens with one attached hydrogen (secondary N) is 1. The van der Waals surface area contributed by atoms with E-state index in [1.807, 2.05) is 7.05 Å². The van der Waals surface area contributed by atoms with Crippen LogP contribution in [-0.4, -0.2) is 37.2 Å². The quantitative estimate of drug-likeness (QED) is 0.748. The van der Waals surface area contributed by atoms with Crippen LogP contribution in [0.5, 0.6) is 5.75 Å². The Labute approximate surface area is 130 Å². The molecule has 1 rings (SSSR count). The van der Waals surface area contributed by atoms with E-state index in [1.165, 1.54) is 12.0 Å². The molecule has 0 aromatic heterocycles. The van der Waals surface area contributed by atoms with E-state index in [0.717, 1.165) is 18.8 Å². The molecule has 3 heteroatoms. The molecule has 120 valence electrons. The molecular weight excluding hydrogens is 260 g/mol. The van der Waals surface area contributed by atoms with Crippen LogP contribution in [0.25, 0.3) is 0 Å². The first-order valence-electron chi connectivity index (χ1n) is 8.15. The van der Waals surface area contributed by atoms with Gasteiger partial charge >= 0.3 is 0 Å². The average Bonchev–Trinajstić information content (AvgIpc) is 2.43. The van der Waals surface area contributed by atoms with Crippen LogP contribution >= 0.6 is 0 Å². The lowest BCUT2D eigenvalue weighted by atomic mass is 10.1. The van der Waals surface area contributed by atoms with Crippen LogP contribution in [0.3, 0.4) is 0 Å². The average molecular weight is 292 g/mol. The summed E-state index contributed by atoms with van der Waals surface area (Å²) in [6, 6.07) is 9.40. The maximum absolute atomic E-state index is 5.71. The van der Waals surface area contributed by atoms with Crippen molar-refractivity contribution in [3.05, 3.63) is 29.8 Å². The highest BCUT2D eigenvalue weighted by Gasteiger charge is 2.16. The highest BCUT2D eigenvalue weighted by Crippen LogP contribution is 2.20. The van der Waals surface area contributed by atoms with Gasteiger partial charge < -0.3 is 10.1 Å². The lowest BCUT2D eigenvalue weighted by molar-refractivity contribution is 0.200.